The van der Waals surface area contributed by atoms with E-state index in [0.29, 0.717) is 31.4 Å². The van der Waals surface area contributed by atoms with Crippen LogP contribution in [0.4, 0.5) is 0 Å². The topological polar surface area (TPSA) is 59.1 Å². The highest BCUT2D eigenvalue weighted by atomic mass is 79.9. The lowest BCUT2D eigenvalue weighted by Crippen LogP contribution is -2.25. The summed E-state index contributed by atoms with van der Waals surface area (Å²) >= 11 is 4.89. The second-order valence-corrected chi connectivity index (χ2v) is 6.50. The van der Waals surface area contributed by atoms with Crippen LogP contribution in [0.25, 0.3) is 0 Å². The van der Waals surface area contributed by atoms with Crippen LogP contribution in [0.1, 0.15) is 35.3 Å². The van der Waals surface area contributed by atoms with Crippen molar-refractivity contribution in [2.24, 2.45) is 0 Å². The van der Waals surface area contributed by atoms with Crippen molar-refractivity contribution in [3.63, 3.8) is 0 Å². The number of carbonyl (C=O) groups excluding carboxylic acids is 2. The number of Topliss-reactive ketones (excluding diaryl/α,β-unsaturated/α-hetero) is 1. The number of nitrogens with zero attached hydrogens (tertiary/aromatic N) is 1. The standard InChI is InChI=1S/C16H17BrN2O2S/c17-13-6-4-12(5-7-13)15(20)2-1-3-16(21)18-9-8-14-10-22-11-19-14/h4-7,10-11H,1-3,8-9H2,(H,18,21). The van der Waals surface area contributed by atoms with E-state index < -0.39 is 0 Å². The summed E-state index contributed by atoms with van der Waals surface area (Å²) in [5.41, 5.74) is 3.47. The number of aromatic nitrogens is 1. The fourth-order valence-electron chi connectivity index (χ4n) is 1.97. The van der Waals surface area contributed by atoms with E-state index in [4.69, 9.17) is 0 Å². The van der Waals surface area contributed by atoms with Crippen molar-refractivity contribution in [2.45, 2.75) is 25.7 Å². The number of halogens is 1. The zero-order chi connectivity index (χ0) is 15.8. The Kier molecular flexibility index (Phi) is 6.74. The Labute approximate surface area is 142 Å². The van der Waals surface area contributed by atoms with E-state index in [-0.39, 0.29) is 11.7 Å². The third kappa shape index (κ3) is 5.69. The summed E-state index contributed by atoms with van der Waals surface area (Å²) in [6.07, 6.45) is 2.07. The van der Waals surface area contributed by atoms with Crippen molar-refractivity contribution in [3.05, 3.63) is 50.9 Å². The summed E-state index contributed by atoms with van der Waals surface area (Å²) in [6.45, 7) is 0.587. The van der Waals surface area contributed by atoms with Gasteiger partial charge in [-0.05, 0) is 18.6 Å². The number of amides is 1. The maximum absolute atomic E-state index is 12.0. The molecule has 2 rings (SSSR count). The smallest absolute Gasteiger partial charge is 0.220 e. The van der Waals surface area contributed by atoms with Crippen LogP contribution >= 0.6 is 27.3 Å². The molecule has 1 aromatic carbocycles. The highest BCUT2D eigenvalue weighted by Crippen LogP contribution is 2.13. The number of hydrogen-bond donors (Lipinski definition) is 1. The Hall–Kier alpha value is -1.53. The van der Waals surface area contributed by atoms with Crippen molar-refractivity contribution >= 4 is 39.0 Å². The molecular weight excluding hydrogens is 364 g/mol. The van der Waals surface area contributed by atoms with Gasteiger partial charge in [-0.3, -0.25) is 9.59 Å². The number of nitrogens with one attached hydrogen (secondary N) is 1. The second kappa shape index (κ2) is 8.80. The van der Waals surface area contributed by atoms with Gasteiger partial charge in [-0.1, -0.05) is 28.1 Å². The van der Waals surface area contributed by atoms with Gasteiger partial charge in [0.25, 0.3) is 0 Å². The van der Waals surface area contributed by atoms with Gasteiger partial charge in [-0.15, -0.1) is 11.3 Å². The normalized spacial score (nSPS) is 10.4. The monoisotopic (exact) mass is 380 g/mol. The zero-order valence-electron chi connectivity index (χ0n) is 12.0. The number of ketones is 1. The maximum atomic E-state index is 12.0. The molecule has 0 saturated heterocycles. The molecule has 0 unspecified atom stereocenters. The van der Waals surface area contributed by atoms with E-state index in [9.17, 15) is 9.59 Å². The lowest BCUT2D eigenvalue weighted by Gasteiger charge is -2.04. The van der Waals surface area contributed by atoms with Gasteiger partial charge in [0.2, 0.25) is 5.91 Å². The van der Waals surface area contributed by atoms with E-state index in [1.54, 1.807) is 29.0 Å². The van der Waals surface area contributed by atoms with Crippen LogP contribution in [0.3, 0.4) is 0 Å². The second-order valence-electron chi connectivity index (χ2n) is 4.86. The number of rotatable bonds is 8. The van der Waals surface area contributed by atoms with E-state index in [2.05, 4.69) is 26.2 Å². The third-order valence-corrected chi connectivity index (χ3v) is 4.32. The first-order chi connectivity index (χ1) is 10.6. The fraction of sp³-hybridized carbons (Fsp3) is 0.312. The van der Waals surface area contributed by atoms with Crippen LogP contribution < -0.4 is 5.32 Å². The van der Waals surface area contributed by atoms with Crippen LogP contribution in [-0.4, -0.2) is 23.2 Å². The van der Waals surface area contributed by atoms with Crippen LogP contribution in [0.2, 0.25) is 0 Å². The first-order valence-corrected chi connectivity index (χ1v) is 8.81. The largest absolute Gasteiger partial charge is 0.356 e. The third-order valence-electron chi connectivity index (χ3n) is 3.16. The zero-order valence-corrected chi connectivity index (χ0v) is 14.5. The Bertz CT molecular complexity index is 612. The highest BCUT2D eigenvalue weighted by Gasteiger charge is 2.07. The SMILES string of the molecule is O=C(CCCC(=O)c1ccc(Br)cc1)NCCc1cscn1. The summed E-state index contributed by atoms with van der Waals surface area (Å²) in [6, 6.07) is 7.28. The molecule has 6 heteroatoms. The van der Waals surface area contributed by atoms with Crippen molar-refractivity contribution in [2.75, 3.05) is 6.54 Å². The predicted octanol–water partition coefficient (Wildman–Crippen LogP) is 3.62. The number of thiazole rings is 1. The molecule has 1 N–H and O–H groups in total. The maximum Gasteiger partial charge on any atom is 0.220 e. The summed E-state index contributed by atoms with van der Waals surface area (Å²) in [5.74, 6) is 0.0570. The lowest BCUT2D eigenvalue weighted by atomic mass is 10.1. The van der Waals surface area contributed by atoms with Gasteiger partial charge in [-0.2, -0.15) is 0 Å². The fourth-order valence-corrected chi connectivity index (χ4v) is 2.83. The highest BCUT2D eigenvalue weighted by molar-refractivity contribution is 9.10. The molecule has 1 heterocycles. The summed E-state index contributed by atoms with van der Waals surface area (Å²) in [7, 11) is 0. The molecule has 0 atom stereocenters. The Morgan fingerprint density at radius 3 is 2.64 bits per heavy atom. The molecule has 0 spiro atoms. The van der Waals surface area contributed by atoms with E-state index in [1.807, 2.05) is 17.5 Å². The van der Waals surface area contributed by atoms with E-state index >= 15 is 0 Å². The summed E-state index contributed by atoms with van der Waals surface area (Å²) in [4.78, 5) is 27.8. The average Bonchev–Trinajstić information content (AvgIpc) is 3.01. The van der Waals surface area contributed by atoms with Gasteiger partial charge in [-0.25, -0.2) is 4.98 Å². The lowest BCUT2D eigenvalue weighted by molar-refractivity contribution is -0.121. The average molecular weight is 381 g/mol. The molecule has 0 radical (unpaired) electrons. The molecule has 4 nitrogen and oxygen atoms in total. The molecule has 0 aliphatic heterocycles. The van der Waals surface area contributed by atoms with E-state index in [1.165, 1.54) is 0 Å². The number of carbonyl (C=O) groups is 2. The quantitative estimate of drug-likeness (QED) is 0.711. The van der Waals surface area contributed by atoms with Crippen molar-refractivity contribution in [1.82, 2.24) is 10.3 Å². The molecule has 0 aliphatic rings. The number of benzene rings is 1. The summed E-state index contributed by atoms with van der Waals surface area (Å²) < 4.78 is 0.948. The molecule has 116 valence electrons. The van der Waals surface area contributed by atoms with Gasteiger partial charge < -0.3 is 5.32 Å². The van der Waals surface area contributed by atoms with Crippen molar-refractivity contribution < 1.29 is 9.59 Å². The van der Waals surface area contributed by atoms with Crippen LogP contribution in [0.15, 0.2) is 39.6 Å². The van der Waals surface area contributed by atoms with Crippen LogP contribution in [0.5, 0.6) is 0 Å². The summed E-state index contributed by atoms with van der Waals surface area (Å²) in [5, 5.41) is 4.83. The molecule has 0 aliphatic carbocycles. The van der Waals surface area contributed by atoms with Crippen LogP contribution in [-0.2, 0) is 11.2 Å². The molecule has 0 saturated carbocycles. The first kappa shape index (κ1) is 16.8. The van der Waals surface area contributed by atoms with Gasteiger partial charge in [0.15, 0.2) is 5.78 Å². The molecule has 0 fully saturated rings. The molecule has 22 heavy (non-hydrogen) atoms. The molecular formula is C16H17BrN2O2S. The van der Waals surface area contributed by atoms with Crippen molar-refractivity contribution in [1.29, 1.82) is 0 Å². The number of hydrogen-bond acceptors (Lipinski definition) is 4. The molecule has 1 aromatic heterocycles. The Balaban J connectivity index is 1.62. The van der Waals surface area contributed by atoms with Gasteiger partial charge in [0.1, 0.15) is 0 Å². The Morgan fingerprint density at radius 1 is 1.18 bits per heavy atom. The predicted molar refractivity (Wildman–Crippen MR) is 91.2 cm³/mol. The van der Waals surface area contributed by atoms with E-state index in [0.717, 1.165) is 16.6 Å². The molecule has 0 bridgehead atoms. The minimum atomic E-state index is -0.0150. The van der Waals surface area contributed by atoms with Crippen LogP contribution in [0, 0.1) is 0 Å². The first-order valence-electron chi connectivity index (χ1n) is 7.07. The van der Waals surface area contributed by atoms with Gasteiger partial charge in [0.05, 0.1) is 11.2 Å². The van der Waals surface area contributed by atoms with Gasteiger partial charge in [0, 0.05) is 41.2 Å². The minimum absolute atomic E-state index is 0.0150. The Morgan fingerprint density at radius 2 is 1.95 bits per heavy atom. The molecule has 2 aromatic rings. The van der Waals surface area contributed by atoms with Gasteiger partial charge >= 0.3 is 0 Å². The molecule has 1 amide bonds. The van der Waals surface area contributed by atoms with Crippen molar-refractivity contribution in [3.8, 4) is 0 Å². The minimum Gasteiger partial charge on any atom is -0.356 e.